The molecule has 1 atom stereocenters. The van der Waals surface area contributed by atoms with Crippen molar-refractivity contribution in [2.24, 2.45) is 5.92 Å². The summed E-state index contributed by atoms with van der Waals surface area (Å²) in [5, 5.41) is 0. The van der Waals surface area contributed by atoms with E-state index in [4.69, 9.17) is 4.74 Å². The van der Waals surface area contributed by atoms with Crippen molar-refractivity contribution in [3.8, 4) is 0 Å². The van der Waals surface area contributed by atoms with Gasteiger partial charge in [-0.3, -0.25) is 0 Å². The Morgan fingerprint density at radius 3 is 2.58 bits per heavy atom. The summed E-state index contributed by atoms with van der Waals surface area (Å²) in [4.78, 5) is 12.0. The average Bonchev–Trinajstić information content (AvgIpc) is 2.40. The number of carbonyl (C=O) groups excluding carboxylic acids is 1. The van der Waals surface area contributed by atoms with Crippen molar-refractivity contribution in [2.45, 2.75) is 33.6 Å². The van der Waals surface area contributed by atoms with Crippen LogP contribution in [0.25, 0.3) is 0 Å². The molecule has 0 aliphatic carbocycles. The van der Waals surface area contributed by atoms with Crippen LogP contribution in [0, 0.1) is 5.92 Å². The molecule has 0 radical (unpaired) electrons. The molecular weight excluding hydrogens is 303 g/mol. The quantitative estimate of drug-likeness (QED) is 0.438. The Balaban J connectivity index is 2.83. The first-order valence-electron chi connectivity index (χ1n) is 6.79. The average molecular weight is 325 g/mol. The molecule has 1 aromatic carbocycles. The zero-order chi connectivity index (χ0) is 14.1. The maximum absolute atomic E-state index is 12.0. The first-order valence-corrected chi connectivity index (χ1v) is 8.50. The van der Waals surface area contributed by atoms with Gasteiger partial charge in [-0.15, -0.1) is 0 Å². The second-order valence-electron chi connectivity index (χ2n) is 4.43. The third-order valence-corrected chi connectivity index (χ3v) is 4.79. The molecule has 1 aromatic rings. The van der Waals surface area contributed by atoms with E-state index in [0.717, 1.165) is 17.3 Å². The maximum atomic E-state index is 12.0. The van der Waals surface area contributed by atoms with E-state index in [0.29, 0.717) is 12.5 Å². The molecule has 0 saturated carbocycles. The summed E-state index contributed by atoms with van der Waals surface area (Å²) in [5.41, 5.74) is 0. The van der Waals surface area contributed by atoms with Crippen LogP contribution in [0.5, 0.6) is 0 Å². The van der Waals surface area contributed by atoms with Crippen molar-refractivity contribution in [3.63, 3.8) is 0 Å². The van der Waals surface area contributed by atoms with E-state index in [1.54, 1.807) is 0 Å². The number of carbonyl (C=O) groups is 1. The molecule has 104 valence electrons. The summed E-state index contributed by atoms with van der Waals surface area (Å²) in [6, 6.07) is 10.1. The molecule has 2 nitrogen and oxygen atoms in total. The van der Waals surface area contributed by atoms with Gasteiger partial charge < -0.3 is 0 Å². The van der Waals surface area contributed by atoms with Crippen LogP contribution in [0.15, 0.2) is 40.9 Å². The number of esters is 1. The SMILES string of the molecule is CCCC(C)/C=C(/[Se]c1ccccc1)C(=O)OCC. The Bertz CT molecular complexity index is 412. The molecule has 1 unspecified atom stereocenters. The summed E-state index contributed by atoms with van der Waals surface area (Å²) in [6.45, 7) is 6.60. The van der Waals surface area contributed by atoms with Gasteiger partial charge in [-0.05, 0) is 0 Å². The van der Waals surface area contributed by atoms with Gasteiger partial charge in [0.25, 0.3) is 0 Å². The van der Waals surface area contributed by atoms with Crippen LogP contribution >= 0.6 is 0 Å². The van der Waals surface area contributed by atoms with Crippen molar-refractivity contribution < 1.29 is 9.53 Å². The molecule has 19 heavy (non-hydrogen) atoms. The van der Waals surface area contributed by atoms with Gasteiger partial charge in [0.15, 0.2) is 0 Å². The number of ether oxygens (including phenoxy) is 1. The minimum absolute atomic E-state index is 0.0233. The normalized spacial score (nSPS) is 13.1. The fraction of sp³-hybridized carbons (Fsp3) is 0.438. The zero-order valence-corrected chi connectivity index (χ0v) is 13.6. The predicted molar refractivity (Wildman–Crippen MR) is 80.6 cm³/mol. The van der Waals surface area contributed by atoms with Crippen molar-refractivity contribution in [3.05, 3.63) is 40.9 Å². The van der Waals surface area contributed by atoms with E-state index in [1.807, 2.05) is 25.1 Å². The van der Waals surface area contributed by atoms with Gasteiger partial charge in [-0.1, -0.05) is 0 Å². The van der Waals surface area contributed by atoms with E-state index >= 15 is 0 Å². The Labute approximate surface area is 122 Å². The van der Waals surface area contributed by atoms with Gasteiger partial charge in [-0.2, -0.15) is 0 Å². The van der Waals surface area contributed by atoms with E-state index < -0.39 is 0 Å². The second kappa shape index (κ2) is 8.95. The molecular formula is C16H22O2Se. The molecule has 0 aliphatic heterocycles. The number of allylic oxidation sites excluding steroid dienone is 1. The first-order chi connectivity index (χ1) is 9.17. The second-order valence-corrected chi connectivity index (χ2v) is 6.77. The third-order valence-electron chi connectivity index (χ3n) is 2.63. The van der Waals surface area contributed by atoms with Crippen molar-refractivity contribution >= 4 is 25.4 Å². The summed E-state index contributed by atoms with van der Waals surface area (Å²) in [5.74, 6) is 0.268. The van der Waals surface area contributed by atoms with Gasteiger partial charge in [0.1, 0.15) is 0 Å². The number of rotatable bonds is 7. The molecule has 1 rings (SSSR count). The van der Waals surface area contributed by atoms with Crippen molar-refractivity contribution in [2.75, 3.05) is 6.61 Å². The molecule has 0 aliphatic rings. The topological polar surface area (TPSA) is 26.3 Å². The molecule has 3 heteroatoms. The van der Waals surface area contributed by atoms with Crippen LogP contribution in [-0.4, -0.2) is 27.5 Å². The molecule has 0 N–H and O–H groups in total. The van der Waals surface area contributed by atoms with Crippen LogP contribution in [0.1, 0.15) is 33.6 Å². The summed E-state index contributed by atoms with van der Waals surface area (Å²) >= 11 is 0.0233. The van der Waals surface area contributed by atoms with E-state index in [2.05, 4.69) is 32.1 Å². The first kappa shape index (κ1) is 16.0. The van der Waals surface area contributed by atoms with E-state index in [9.17, 15) is 4.79 Å². The summed E-state index contributed by atoms with van der Waals surface area (Å²) < 4.78 is 7.20. The number of hydrogen-bond acceptors (Lipinski definition) is 2. The van der Waals surface area contributed by atoms with Crippen LogP contribution in [0.3, 0.4) is 0 Å². The standard InChI is InChI=1S/C16H22O2Se/c1-4-9-13(3)12-15(16(17)18-5-2)19-14-10-7-6-8-11-14/h6-8,10-13H,4-5,9H2,1-3H3/b15-12+. The fourth-order valence-electron chi connectivity index (χ4n) is 1.76. The monoisotopic (exact) mass is 326 g/mol. The molecule has 0 heterocycles. The third kappa shape index (κ3) is 6.09. The fourth-order valence-corrected chi connectivity index (χ4v) is 3.84. The number of benzene rings is 1. The Morgan fingerprint density at radius 2 is 2.00 bits per heavy atom. The molecule has 0 aromatic heterocycles. The minimum atomic E-state index is -0.158. The van der Waals surface area contributed by atoms with Crippen LogP contribution in [0.4, 0.5) is 0 Å². The zero-order valence-electron chi connectivity index (χ0n) is 11.9. The molecule has 0 bridgehead atoms. The van der Waals surface area contributed by atoms with Gasteiger partial charge in [0.2, 0.25) is 0 Å². The summed E-state index contributed by atoms with van der Waals surface area (Å²) in [7, 11) is 0. The Morgan fingerprint density at radius 1 is 1.32 bits per heavy atom. The van der Waals surface area contributed by atoms with Gasteiger partial charge in [-0.25, -0.2) is 0 Å². The molecule has 0 saturated heterocycles. The van der Waals surface area contributed by atoms with E-state index in [1.165, 1.54) is 4.46 Å². The van der Waals surface area contributed by atoms with Crippen LogP contribution in [0.2, 0.25) is 0 Å². The Kier molecular flexibility index (Phi) is 7.54. The predicted octanol–water partition coefficient (Wildman–Crippen LogP) is 2.90. The van der Waals surface area contributed by atoms with E-state index in [-0.39, 0.29) is 20.9 Å². The van der Waals surface area contributed by atoms with Crippen molar-refractivity contribution in [1.29, 1.82) is 0 Å². The van der Waals surface area contributed by atoms with Crippen LogP contribution < -0.4 is 4.46 Å². The van der Waals surface area contributed by atoms with Gasteiger partial charge in [0.05, 0.1) is 0 Å². The molecule has 0 amide bonds. The van der Waals surface area contributed by atoms with Crippen molar-refractivity contribution in [1.82, 2.24) is 0 Å². The molecule has 0 spiro atoms. The van der Waals surface area contributed by atoms with Gasteiger partial charge in [0, 0.05) is 0 Å². The van der Waals surface area contributed by atoms with Crippen LogP contribution in [-0.2, 0) is 9.53 Å². The summed E-state index contributed by atoms with van der Waals surface area (Å²) in [6.07, 6.45) is 4.33. The number of hydrogen-bond donors (Lipinski definition) is 0. The molecule has 0 fully saturated rings. The van der Waals surface area contributed by atoms with Gasteiger partial charge >= 0.3 is 122 Å². The Hall–Kier alpha value is -1.05.